The molecule has 5 nitrogen and oxygen atoms in total. The number of nitrogens with one attached hydrogen (secondary N) is 1. The van der Waals surface area contributed by atoms with Crippen LogP contribution in [0.4, 0.5) is 0 Å². The highest BCUT2D eigenvalue weighted by Gasteiger charge is 2.32. The molecule has 2 amide bonds. The molecule has 1 fully saturated rings. The van der Waals surface area contributed by atoms with Gasteiger partial charge in [-0.15, -0.1) is 0 Å². The van der Waals surface area contributed by atoms with Gasteiger partial charge in [0.1, 0.15) is 11.8 Å². The Labute approximate surface area is 224 Å². The van der Waals surface area contributed by atoms with Gasteiger partial charge in [0, 0.05) is 24.0 Å². The van der Waals surface area contributed by atoms with Crippen LogP contribution in [0, 0.1) is 0 Å². The van der Waals surface area contributed by atoms with E-state index in [1.54, 1.807) is 12.0 Å². The maximum Gasteiger partial charge on any atom is 0.243 e. The first-order valence-electron chi connectivity index (χ1n) is 13.0. The summed E-state index contributed by atoms with van der Waals surface area (Å²) in [6, 6.07) is 24.4. The minimum absolute atomic E-state index is 0.0900. The molecule has 3 aromatic rings. The maximum atomic E-state index is 13.9. The van der Waals surface area contributed by atoms with E-state index < -0.39 is 6.04 Å². The van der Waals surface area contributed by atoms with Gasteiger partial charge in [-0.2, -0.15) is 0 Å². The van der Waals surface area contributed by atoms with E-state index in [9.17, 15) is 9.59 Å². The van der Waals surface area contributed by atoms with Crippen LogP contribution in [-0.2, 0) is 29.0 Å². The Morgan fingerprint density at radius 1 is 0.892 bits per heavy atom. The largest absolute Gasteiger partial charge is 0.497 e. The number of amides is 2. The fourth-order valence-corrected chi connectivity index (χ4v) is 5.03. The van der Waals surface area contributed by atoms with Crippen molar-refractivity contribution in [3.8, 4) is 5.75 Å². The predicted octanol–water partition coefficient (Wildman–Crippen LogP) is 5.98. The van der Waals surface area contributed by atoms with Gasteiger partial charge in [0.05, 0.1) is 13.5 Å². The van der Waals surface area contributed by atoms with Gasteiger partial charge >= 0.3 is 0 Å². The number of benzene rings is 3. The lowest BCUT2D eigenvalue weighted by Crippen LogP contribution is -2.53. The molecule has 194 valence electrons. The zero-order chi connectivity index (χ0) is 26.0. The van der Waals surface area contributed by atoms with Gasteiger partial charge < -0.3 is 15.0 Å². The molecule has 6 heteroatoms. The van der Waals surface area contributed by atoms with E-state index in [0.717, 1.165) is 48.1 Å². The molecular formula is C31H35ClN2O3. The van der Waals surface area contributed by atoms with Gasteiger partial charge in [-0.05, 0) is 53.8 Å². The van der Waals surface area contributed by atoms with E-state index in [-0.39, 0.29) is 24.3 Å². The SMILES string of the molecule is COc1ccc(CC(=O)N(Cc2ccc(Cl)cc2)[C@@H](Cc2ccccc2)C(=O)NC2CCCCC2)cc1. The third-order valence-electron chi connectivity index (χ3n) is 7.00. The highest BCUT2D eigenvalue weighted by molar-refractivity contribution is 6.30. The number of rotatable bonds is 10. The van der Waals surface area contributed by atoms with Gasteiger partial charge in [0.15, 0.2) is 0 Å². The lowest BCUT2D eigenvalue weighted by Gasteiger charge is -2.33. The highest BCUT2D eigenvalue weighted by atomic mass is 35.5. The van der Waals surface area contributed by atoms with Crippen molar-refractivity contribution in [2.24, 2.45) is 0 Å². The summed E-state index contributed by atoms with van der Waals surface area (Å²) in [5, 5.41) is 3.91. The van der Waals surface area contributed by atoms with Crippen molar-refractivity contribution in [3.63, 3.8) is 0 Å². The first-order chi connectivity index (χ1) is 18.0. The molecule has 0 bridgehead atoms. The van der Waals surface area contributed by atoms with E-state index in [0.29, 0.717) is 18.0 Å². The molecule has 1 aliphatic rings. The van der Waals surface area contributed by atoms with Crippen molar-refractivity contribution in [2.45, 2.75) is 63.6 Å². The summed E-state index contributed by atoms with van der Waals surface area (Å²) >= 11 is 6.12. The lowest BCUT2D eigenvalue weighted by molar-refractivity contribution is -0.141. The second kappa shape index (κ2) is 13.3. The number of carbonyl (C=O) groups excluding carboxylic acids is 2. The van der Waals surface area contributed by atoms with Crippen molar-refractivity contribution < 1.29 is 14.3 Å². The monoisotopic (exact) mass is 518 g/mol. The topological polar surface area (TPSA) is 58.6 Å². The average Bonchev–Trinajstić information content (AvgIpc) is 2.93. The van der Waals surface area contributed by atoms with E-state index in [4.69, 9.17) is 16.3 Å². The summed E-state index contributed by atoms with van der Waals surface area (Å²) in [7, 11) is 1.62. The van der Waals surface area contributed by atoms with Crippen LogP contribution < -0.4 is 10.1 Å². The number of nitrogens with zero attached hydrogens (tertiary/aromatic N) is 1. The van der Waals surface area contributed by atoms with Gasteiger partial charge in [-0.25, -0.2) is 0 Å². The van der Waals surface area contributed by atoms with Crippen molar-refractivity contribution in [2.75, 3.05) is 7.11 Å². The zero-order valence-corrected chi connectivity index (χ0v) is 22.1. The molecule has 0 saturated heterocycles. The number of ether oxygens (including phenoxy) is 1. The van der Waals surface area contributed by atoms with E-state index in [1.165, 1.54) is 6.42 Å². The second-order valence-electron chi connectivity index (χ2n) is 9.72. The normalized spacial score (nSPS) is 14.5. The Morgan fingerprint density at radius 2 is 1.54 bits per heavy atom. The minimum Gasteiger partial charge on any atom is -0.497 e. The number of hydrogen-bond acceptors (Lipinski definition) is 3. The summed E-state index contributed by atoms with van der Waals surface area (Å²) in [5.41, 5.74) is 2.82. The Bertz CT molecular complexity index is 1140. The Morgan fingerprint density at radius 3 is 2.19 bits per heavy atom. The summed E-state index contributed by atoms with van der Waals surface area (Å²) in [5.74, 6) is 0.552. The first-order valence-corrected chi connectivity index (χ1v) is 13.4. The molecule has 1 atom stereocenters. The van der Waals surface area contributed by atoms with Crippen LogP contribution in [0.5, 0.6) is 5.75 Å². The van der Waals surface area contributed by atoms with Crippen LogP contribution >= 0.6 is 11.6 Å². The van der Waals surface area contributed by atoms with Crippen molar-refractivity contribution >= 4 is 23.4 Å². The fourth-order valence-electron chi connectivity index (χ4n) is 4.90. The molecule has 0 radical (unpaired) electrons. The standard InChI is InChI=1S/C31H35ClN2O3/c1-37-28-18-14-24(15-19-28)21-30(35)34(22-25-12-16-26(32)17-13-25)29(20-23-8-4-2-5-9-23)31(36)33-27-10-6-3-7-11-27/h2,4-5,8-9,12-19,27,29H,3,6-7,10-11,20-22H2,1H3,(H,33,36)/t29-/m0/s1. The van der Waals surface area contributed by atoms with Gasteiger partial charge in [0.25, 0.3) is 0 Å². The summed E-state index contributed by atoms with van der Waals surface area (Å²) in [6.45, 7) is 0.321. The van der Waals surface area contributed by atoms with Crippen molar-refractivity contribution in [3.05, 3.63) is 101 Å². The highest BCUT2D eigenvalue weighted by Crippen LogP contribution is 2.21. The summed E-state index contributed by atoms with van der Waals surface area (Å²) < 4.78 is 5.26. The number of methoxy groups -OCH3 is 1. The van der Waals surface area contributed by atoms with Crippen LogP contribution in [0.3, 0.4) is 0 Å². The Balaban J connectivity index is 1.63. The smallest absolute Gasteiger partial charge is 0.243 e. The Hall–Kier alpha value is -3.31. The molecule has 0 aromatic heterocycles. The van der Waals surface area contributed by atoms with Crippen molar-refractivity contribution in [1.29, 1.82) is 0 Å². The quantitative estimate of drug-likeness (QED) is 0.359. The number of hydrogen-bond donors (Lipinski definition) is 1. The van der Waals surface area contributed by atoms with E-state index >= 15 is 0 Å². The van der Waals surface area contributed by atoms with Crippen LogP contribution in [0.15, 0.2) is 78.9 Å². The molecule has 1 N–H and O–H groups in total. The van der Waals surface area contributed by atoms with E-state index in [1.807, 2.05) is 78.9 Å². The third kappa shape index (κ3) is 7.83. The van der Waals surface area contributed by atoms with Crippen LogP contribution in [0.2, 0.25) is 5.02 Å². The summed E-state index contributed by atoms with van der Waals surface area (Å²) in [6.07, 6.45) is 6.07. The van der Waals surface area contributed by atoms with Crippen LogP contribution in [0.1, 0.15) is 48.8 Å². The maximum absolute atomic E-state index is 13.9. The van der Waals surface area contributed by atoms with Gasteiger partial charge in [0.2, 0.25) is 11.8 Å². The fraction of sp³-hybridized carbons (Fsp3) is 0.355. The minimum atomic E-state index is -0.634. The first kappa shape index (κ1) is 26.7. The van der Waals surface area contributed by atoms with Gasteiger partial charge in [-0.1, -0.05) is 85.5 Å². The molecular weight excluding hydrogens is 484 g/mol. The summed E-state index contributed by atoms with van der Waals surface area (Å²) in [4.78, 5) is 29.4. The molecule has 0 aliphatic heterocycles. The van der Waals surface area contributed by atoms with Crippen molar-refractivity contribution in [1.82, 2.24) is 10.2 Å². The molecule has 0 heterocycles. The van der Waals surface area contributed by atoms with Gasteiger partial charge in [-0.3, -0.25) is 9.59 Å². The molecule has 4 rings (SSSR count). The zero-order valence-electron chi connectivity index (χ0n) is 21.4. The lowest BCUT2D eigenvalue weighted by atomic mass is 9.94. The molecule has 0 unspecified atom stereocenters. The molecule has 3 aromatic carbocycles. The average molecular weight is 519 g/mol. The van der Waals surface area contributed by atoms with Crippen LogP contribution in [-0.4, -0.2) is 35.9 Å². The molecule has 0 spiro atoms. The number of carbonyl (C=O) groups is 2. The number of halogens is 1. The second-order valence-corrected chi connectivity index (χ2v) is 10.2. The van der Waals surface area contributed by atoms with E-state index in [2.05, 4.69) is 5.32 Å². The molecule has 1 saturated carbocycles. The third-order valence-corrected chi connectivity index (χ3v) is 7.26. The molecule has 1 aliphatic carbocycles. The van der Waals surface area contributed by atoms with Crippen LogP contribution in [0.25, 0.3) is 0 Å². The predicted molar refractivity (Wildman–Crippen MR) is 148 cm³/mol. The Kier molecular flexibility index (Phi) is 9.61. The molecule has 37 heavy (non-hydrogen) atoms.